The summed E-state index contributed by atoms with van der Waals surface area (Å²) in [5, 5.41) is 0. The molecular weight excluding hydrogens is 452 g/mol. The van der Waals surface area contributed by atoms with Gasteiger partial charge in [0, 0.05) is 5.56 Å². The van der Waals surface area contributed by atoms with Crippen LogP contribution in [0, 0.1) is 12.3 Å². The predicted octanol–water partition coefficient (Wildman–Crippen LogP) is 4.33. The highest BCUT2D eigenvalue weighted by Crippen LogP contribution is 2.41. The molecule has 2 aliphatic rings. The first-order chi connectivity index (χ1) is 17.2. The lowest BCUT2D eigenvalue weighted by atomic mass is 9.83. The van der Waals surface area contributed by atoms with Crippen molar-refractivity contribution in [3.8, 4) is 18.1 Å². The molecule has 0 saturated carbocycles. The molecule has 0 saturated heterocycles. The molecule has 2 heterocycles. The Balaban J connectivity index is 1.52. The maximum atomic E-state index is 13.7. The van der Waals surface area contributed by atoms with Crippen LogP contribution in [0.2, 0.25) is 0 Å². The number of terminal acetylenes is 1. The van der Waals surface area contributed by atoms with Gasteiger partial charge in [0.05, 0.1) is 16.3 Å². The van der Waals surface area contributed by atoms with Crippen LogP contribution in [0.5, 0.6) is 5.75 Å². The van der Waals surface area contributed by atoms with Gasteiger partial charge in [-0.05, 0) is 53.3 Å². The van der Waals surface area contributed by atoms with E-state index < -0.39 is 0 Å². The first-order valence-electron chi connectivity index (χ1n) is 11.6. The molecule has 1 aromatic heterocycles. The van der Waals surface area contributed by atoms with Crippen molar-refractivity contribution in [2.75, 3.05) is 6.61 Å². The van der Waals surface area contributed by atoms with Crippen molar-refractivity contribution >= 4 is 23.1 Å². The Bertz CT molecular complexity index is 1670. The monoisotopic (exact) mass is 474 g/mol. The first kappa shape index (κ1) is 21.4. The smallest absolute Gasteiger partial charge is 0.271 e. The Morgan fingerprint density at radius 2 is 1.80 bits per heavy atom. The zero-order chi connectivity index (χ0) is 23.8. The number of benzene rings is 3. The SMILES string of the molecule is C#CCOc1ccc(/C=c2/sc3n(c2=O)[C@H](c2ccccc2)C2=C(N=3)c3ccccc3CC2)cc1. The van der Waals surface area contributed by atoms with Crippen molar-refractivity contribution in [1.82, 2.24) is 4.57 Å². The molecule has 3 aromatic carbocycles. The number of thiazole rings is 1. The van der Waals surface area contributed by atoms with E-state index in [4.69, 9.17) is 16.2 Å². The average Bonchev–Trinajstić information content (AvgIpc) is 3.21. The average molecular weight is 475 g/mol. The molecule has 4 nitrogen and oxygen atoms in total. The van der Waals surface area contributed by atoms with Crippen LogP contribution in [0.3, 0.4) is 0 Å². The highest BCUT2D eigenvalue weighted by molar-refractivity contribution is 7.07. The summed E-state index contributed by atoms with van der Waals surface area (Å²) in [4.78, 5) is 19.5. The number of hydrogen-bond acceptors (Lipinski definition) is 4. The van der Waals surface area contributed by atoms with Gasteiger partial charge in [-0.2, -0.15) is 0 Å². The largest absolute Gasteiger partial charge is 0.481 e. The van der Waals surface area contributed by atoms with Crippen molar-refractivity contribution < 1.29 is 4.74 Å². The summed E-state index contributed by atoms with van der Waals surface area (Å²) < 4.78 is 8.00. The van der Waals surface area contributed by atoms with Gasteiger partial charge in [-0.25, -0.2) is 4.99 Å². The van der Waals surface area contributed by atoms with E-state index in [2.05, 4.69) is 42.3 Å². The van der Waals surface area contributed by atoms with E-state index in [1.165, 1.54) is 28.0 Å². The van der Waals surface area contributed by atoms with Crippen molar-refractivity contribution in [2.24, 2.45) is 4.99 Å². The first-order valence-corrected chi connectivity index (χ1v) is 12.4. The zero-order valence-electron chi connectivity index (χ0n) is 19.0. The van der Waals surface area contributed by atoms with Crippen LogP contribution in [-0.2, 0) is 6.42 Å². The maximum absolute atomic E-state index is 13.7. The van der Waals surface area contributed by atoms with Gasteiger partial charge >= 0.3 is 0 Å². The summed E-state index contributed by atoms with van der Waals surface area (Å²) in [6.07, 6.45) is 9.03. The van der Waals surface area contributed by atoms with Gasteiger partial charge in [-0.1, -0.05) is 84.0 Å². The van der Waals surface area contributed by atoms with E-state index >= 15 is 0 Å². The van der Waals surface area contributed by atoms with Crippen LogP contribution in [0.15, 0.2) is 94.2 Å². The van der Waals surface area contributed by atoms with Gasteiger partial charge < -0.3 is 4.74 Å². The van der Waals surface area contributed by atoms with Crippen molar-refractivity contribution in [2.45, 2.75) is 18.9 Å². The second kappa shape index (κ2) is 8.90. The molecule has 0 spiro atoms. The van der Waals surface area contributed by atoms with Gasteiger partial charge in [0.15, 0.2) is 4.80 Å². The number of nitrogens with zero attached hydrogens (tertiary/aromatic N) is 2. The fraction of sp³-hybridized carbons (Fsp3) is 0.133. The molecule has 1 aliphatic heterocycles. The lowest BCUT2D eigenvalue weighted by molar-refractivity contribution is 0.370. The number of hydrogen-bond donors (Lipinski definition) is 0. The molecule has 0 N–H and O–H groups in total. The molecule has 35 heavy (non-hydrogen) atoms. The molecule has 0 fully saturated rings. The van der Waals surface area contributed by atoms with E-state index in [-0.39, 0.29) is 18.2 Å². The second-order valence-electron chi connectivity index (χ2n) is 8.59. The predicted molar refractivity (Wildman–Crippen MR) is 140 cm³/mol. The Labute approximate surface area is 207 Å². The summed E-state index contributed by atoms with van der Waals surface area (Å²) >= 11 is 1.44. The number of rotatable bonds is 4. The number of fused-ring (bicyclic) bond motifs is 3. The number of aromatic nitrogens is 1. The van der Waals surface area contributed by atoms with E-state index in [0.717, 1.165) is 34.5 Å². The third-order valence-electron chi connectivity index (χ3n) is 6.49. The molecule has 1 atom stereocenters. The second-order valence-corrected chi connectivity index (χ2v) is 9.60. The van der Waals surface area contributed by atoms with Crippen molar-refractivity contribution in [1.29, 1.82) is 0 Å². The molecule has 1 aliphatic carbocycles. The summed E-state index contributed by atoms with van der Waals surface area (Å²) in [6.45, 7) is 0.227. The van der Waals surface area contributed by atoms with Gasteiger partial charge in [-0.15, -0.1) is 6.42 Å². The van der Waals surface area contributed by atoms with E-state index in [9.17, 15) is 4.79 Å². The summed E-state index contributed by atoms with van der Waals surface area (Å²) in [6, 6.07) is 26.2. The third-order valence-corrected chi connectivity index (χ3v) is 7.47. The van der Waals surface area contributed by atoms with Crippen LogP contribution in [0.1, 0.15) is 34.7 Å². The standard InChI is InChI=1S/C30H22N2O2S/c1-2-18-34-23-15-12-20(13-16-23)19-26-29(33)32-28(22-9-4-3-5-10-22)25-17-14-21-8-6-7-11-24(21)27(25)31-30(32)35-26/h1,3-13,15-16,19,28H,14,17-18H2/b26-19+/t28-/m1/s1. The van der Waals surface area contributed by atoms with Crippen LogP contribution < -0.4 is 19.6 Å². The van der Waals surface area contributed by atoms with Crippen LogP contribution in [0.4, 0.5) is 0 Å². The minimum Gasteiger partial charge on any atom is -0.481 e. The molecule has 0 unspecified atom stereocenters. The minimum absolute atomic E-state index is 0.0133. The molecule has 0 bridgehead atoms. The quantitative estimate of drug-likeness (QED) is 0.413. The number of aryl methyl sites for hydroxylation is 1. The molecule has 0 radical (unpaired) electrons. The van der Waals surface area contributed by atoms with Crippen LogP contribution >= 0.6 is 11.3 Å². The van der Waals surface area contributed by atoms with E-state index in [1.54, 1.807) is 0 Å². The fourth-order valence-corrected chi connectivity index (χ4v) is 5.90. The molecule has 170 valence electrons. The topological polar surface area (TPSA) is 43.6 Å². The minimum atomic E-state index is -0.155. The normalized spacial score (nSPS) is 16.5. The molecule has 6 rings (SSSR count). The van der Waals surface area contributed by atoms with E-state index in [0.29, 0.717) is 10.3 Å². The Hall–Kier alpha value is -4.14. The Kier molecular flexibility index (Phi) is 5.44. The summed E-state index contributed by atoms with van der Waals surface area (Å²) in [5.74, 6) is 3.17. The van der Waals surface area contributed by atoms with Gasteiger partial charge in [-0.3, -0.25) is 9.36 Å². The Morgan fingerprint density at radius 3 is 2.60 bits per heavy atom. The molecule has 0 amide bonds. The molecule has 4 aromatic rings. The molecule has 5 heteroatoms. The zero-order valence-corrected chi connectivity index (χ0v) is 19.8. The highest BCUT2D eigenvalue weighted by atomic mass is 32.1. The lowest BCUT2D eigenvalue weighted by Gasteiger charge is -2.30. The number of allylic oxidation sites excluding steroid dienone is 1. The van der Waals surface area contributed by atoms with Crippen molar-refractivity contribution in [3.05, 3.63) is 126 Å². The van der Waals surface area contributed by atoms with Crippen molar-refractivity contribution in [3.63, 3.8) is 0 Å². The molecular formula is C30H22N2O2S. The maximum Gasteiger partial charge on any atom is 0.271 e. The number of ether oxygens (including phenoxy) is 1. The fourth-order valence-electron chi connectivity index (χ4n) is 4.89. The van der Waals surface area contributed by atoms with E-state index in [1.807, 2.05) is 53.1 Å². The summed E-state index contributed by atoms with van der Waals surface area (Å²) in [5.41, 5.74) is 6.74. The lowest BCUT2D eigenvalue weighted by Crippen LogP contribution is -2.38. The summed E-state index contributed by atoms with van der Waals surface area (Å²) in [7, 11) is 0. The van der Waals surface area contributed by atoms with Gasteiger partial charge in [0.25, 0.3) is 5.56 Å². The van der Waals surface area contributed by atoms with Crippen LogP contribution in [-0.4, -0.2) is 11.2 Å². The van der Waals surface area contributed by atoms with Crippen LogP contribution in [0.25, 0.3) is 11.8 Å². The third kappa shape index (κ3) is 3.82. The Morgan fingerprint density at radius 1 is 1.03 bits per heavy atom. The van der Waals surface area contributed by atoms with Gasteiger partial charge in [0.2, 0.25) is 0 Å². The van der Waals surface area contributed by atoms with Gasteiger partial charge in [0.1, 0.15) is 12.4 Å². The highest BCUT2D eigenvalue weighted by Gasteiger charge is 2.32.